The Morgan fingerprint density at radius 1 is 0.533 bits per heavy atom. The molecule has 0 N–H and O–H groups in total. The summed E-state index contributed by atoms with van der Waals surface area (Å²) in [5.74, 6) is -3.05. The van der Waals surface area contributed by atoms with Crippen LogP contribution >= 0.6 is 0 Å². The highest BCUT2D eigenvalue weighted by molar-refractivity contribution is 6.36. The van der Waals surface area contributed by atoms with Gasteiger partial charge in [0.15, 0.2) is 0 Å². The second kappa shape index (κ2) is 10.0. The first-order chi connectivity index (χ1) is 14.4. The van der Waals surface area contributed by atoms with Crippen LogP contribution in [0.4, 0.5) is 0 Å². The van der Waals surface area contributed by atoms with Crippen LogP contribution in [0.3, 0.4) is 0 Å². The second-order valence-electron chi connectivity index (χ2n) is 5.85. The van der Waals surface area contributed by atoms with Crippen LogP contribution in [0.1, 0.15) is 20.7 Å². The van der Waals surface area contributed by atoms with Crippen LogP contribution < -0.4 is 9.47 Å². The van der Waals surface area contributed by atoms with Crippen molar-refractivity contribution >= 4 is 23.5 Å². The number of methoxy groups -OCH3 is 4. The number of hydrogen-bond donors (Lipinski definition) is 0. The zero-order chi connectivity index (χ0) is 22.3. The summed E-state index contributed by atoms with van der Waals surface area (Å²) >= 11 is 0. The molecule has 0 saturated heterocycles. The lowest BCUT2D eigenvalue weighted by Crippen LogP contribution is -2.26. The molecule has 0 aliphatic rings. The summed E-state index contributed by atoms with van der Waals surface area (Å²) in [5, 5.41) is 0. The summed E-state index contributed by atoms with van der Waals surface area (Å²) in [6, 6.07) is 11.6. The fourth-order valence-corrected chi connectivity index (χ4v) is 2.59. The largest absolute Gasteiger partial charge is 0.497 e. The molecule has 2 rings (SSSR count). The third kappa shape index (κ3) is 4.72. The summed E-state index contributed by atoms with van der Waals surface area (Å²) < 4.78 is 19.4. The number of hydrogen-bond acceptors (Lipinski definition) is 8. The monoisotopic (exact) mass is 412 g/mol. The molecule has 0 aliphatic heterocycles. The van der Waals surface area contributed by atoms with Crippen LogP contribution in [0.5, 0.6) is 11.5 Å². The normalized spacial score (nSPS) is 11.1. The summed E-state index contributed by atoms with van der Waals surface area (Å²) in [6.07, 6.45) is 0. The van der Waals surface area contributed by atoms with Crippen molar-refractivity contribution in [2.24, 2.45) is 0 Å². The summed E-state index contributed by atoms with van der Waals surface area (Å²) in [5.41, 5.74) is -1.34. The zero-order valence-corrected chi connectivity index (χ0v) is 16.9. The van der Waals surface area contributed by atoms with E-state index in [0.717, 1.165) is 14.2 Å². The molecule has 0 spiro atoms. The number of esters is 2. The summed E-state index contributed by atoms with van der Waals surface area (Å²) in [7, 11) is 4.99. The van der Waals surface area contributed by atoms with E-state index in [9.17, 15) is 19.2 Å². The molecule has 0 unspecified atom stereocenters. The molecule has 0 amide bonds. The van der Waals surface area contributed by atoms with Crippen molar-refractivity contribution in [2.75, 3.05) is 28.4 Å². The van der Waals surface area contributed by atoms with Gasteiger partial charge in [-0.05, 0) is 48.5 Å². The van der Waals surface area contributed by atoms with Crippen LogP contribution in [0.25, 0.3) is 0 Å². The molecular weight excluding hydrogens is 392 g/mol. The SMILES string of the molecule is COC(=O)C(C(=O)c1ccc(OC)cc1)=C(C(=O)OC)C(=O)c1ccc(OC)cc1. The lowest BCUT2D eigenvalue weighted by molar-refractivity contribution is -0.138. The number of benzene rings is 2. The quantitative estimate of drug-likeness (QED) is 0.214. The van der Waals surface area contributed by atoms with Gasteiger partial charge in [0.05, 0.1) is 28.4 Å². The maximum absolute atomic E-state index is 13.1. The molecule has 0 bridgehead atoms. The van der Waals surface area contributed by atoms with Crippen molar-refractivity contribution in [1.29, 1.82) is 0 Å². The Kier molecular flexibility index (Phi) is 7.46. The minimum Gasteiger partial charge on any atom is -0.497 e. The molecule has 0 atom stereocenters. The third-order valence-electron chi connectivity index (χ3n) is 4.19. The van der Waals surface area contributed by atoms with E-state index in [1.807, 2.05) is 0 Å². The van der Waals surface area contributed by atoms with Crippen molar-refractivity contribution in [3.05, 3.63) is 70.8 Å². The molecule has 8 heteroatoms. The van der Waals surface area contributed by atoms with E-state index in [4.69, 9.17) is 9.47 Å². The fourth-order valence-electron chi connectivity index (χ4n) is 2.59. The van der Waals surface area contributed by atoms with Gasteiger partial charge in [0.25, 0.3) is 0 Å². The maximum Gasteiger partial charge on any atom is 0.342 e. The zero-order valence-electron chi connectivity index (χ0n) is 16.9. The van der Waals surface area contributed by atoms with Crippen molar-refractivity contribution in [1.82, 2.24) is 0 Å². The molecule has 0 fully saturated rings. The first-order valence-corrected chi connectivity index (χ1v) is 8.66. The van der Waals surface area contributed by atoms with Crippen LogP contribution in [-0.4, -0.2) is 51.9 Å². The van der Waals surface area contributed by atoms with Crippen LogP contribution in [-0.2, 0) is 19.1 Å². The topological polar surface area (TPSA) is 105 Å². The predicted molar refractivity (Wildman–Crippen MR) is 106 cm³/mol. The molecule has 0 heterocycles. The first kappa shape index (κ1) is 22.4. The molecule has 0 aliphatic carbocycles. The Balaban J connectivity index is 2.67. The van der Waals surface area contributed by atoms with Crippen molar-refractivity contribution < 1.29 is 38.1 Å². The van der Waals surface area contributed by atoms with Gasteiger partial charge in [-0.25, -0.2) is 9.59 Å². The predicted octanol–water partition coefficient (Wildman–Crippen LogP) is 2.41. The van der Waals surface area contributed by atoms with Crippen LogP contribution in [0.15, 0.2) is 59.7 Å². The molecule has 156 valence electrons. The lowest BCUT2D eigenvalue weighted by atomic mass is 9.93. The Hall–Kier alpha value is -3.94. The Labute approximate surface area is 173 Å². The molecule has 2 aromatic rings. The molecule has 8 nitrogen and oxygen atoms in total. The smallest absolute Gasteiger partial charge is 0.342 e. The Morgan fingerprint density at radius 2 is 0.833 bits per heavy atom. The standard InChI is InChI=1S/C22H20O8/c1-27-15-9-5-13(6-10-15)19(23)17(21(25)29-3)18(22(26)30-4)20(24)14-7-11-16(28-2)12-8-14/h5-12H,1-4H3. The third-order valence-corrected chi connectivity index (χ3v) is 4.19. The van der Waals surface area contributed by atoms with Gasteiger partial charge in [-0.2, -0.15) is 0 Å². The molecule has 0 radical (unpaired) electrons. The number of Topliss-reactive ketones (excluding diaryl/α,β-unsaturated/α-hetero) is 2. The second-order valence-corrected chi connectivity index (χ2v) is 5.85. The number of carbonyl (C=O) groups excluding carboxylic acids is 4. The van der Waals surface area contributed by atoms with E-state index in [1.165, 1.54) is 62.8 Å². The van der Waals surface area contributed by atoms with E-state index >= 15 is 0 Å². The van der Waals surface area contributed by atoms with E-state index < -0.39 is 34.7 Å². The highest BCUT2D eigenvalue weighted by atomic mass is 16.5. The number of ketones is 2. The average Bonchev–Trinajstić information content (AvgIpc) is 2.80. The Bertz CT molecular complexity index is 903. The maximum atomic E-state index is 13.1. The van der Waals surface area contributed by atoms with Gasteiger partial charge >= 0.3 is 11.9 Å². The van der Waals surface area contributed by atoms with Gasteiger partial charge in [0, 0.05) is 11.1 Å². The summed E-state index contributed by atoms with van der Waals surface area (Å²) in [4.78, 5) is 51.0. The average molecular weight is 412 g/mol. The number of ether oxygens (including phenoxy) is 4. The van der Waals surface area contributed by atoms with Gasteiger partial charge in [0.2, 0.25) is 11.6 Å². The van der Waals surface area contributed by atoms with Crippen molar-refractivity contribution in [3.8, 4) is 11.5 Å². The van der Waals surface area contributed by atoms with Gasteiger partial charge in [0.1, 0.15) is 22.6 Å². The van der Waals surface area contributed by atoms with Gasteiger partial charge < -0.3 is 18.9 Å². The molecule has 0 saturated carbocycles. The lowest BCUT2D eigenvalue weighted by Gasteiger charge is -2.12. The van der Waals surface area contributed by atoms with Crippen LogP contribution in [0.2, 0.25) is 0 Å². The van der Waals surface area contributed by atoms with Crippen molar-refractivity contribution in [2.45, 2.75) is 0 Å². The van der Waals surface area contributed by atoms with E-state index in [-0.39, 0.29) is 11.1 Å². The van der Waals surface area contributed by atoms with E-state index in [2.05, 4.69) is 9.47 Å². The van der Waals surface area contributed by atoms with Gasteiger partial charge in [-0.15, -0.1) is 0 Å². The molecule has 2 aromatic carbocycles. The first-order valence-electron chi connectivity index (χ1n) is 8.66. The number of rotatable bonds is 8. The molecule has 30 heavy (non-hydrogen) atoms. The van der Waals surface area contributed by atoms with E-state index in [0.29, 0.717) is 11.5 Å². The summed E-state index contributed by atoms with van der Waals surface area (Å²) in [6.45, 7) is 0. The van der Waals surface area contributed by atoms with Crippen molar-refractivity contribution in [3.63, 3.8) is 0 Å². The fraction of sp³-hybridized carbons (Fsp3) is 0.182. The minimum absolute atomic E-state index is 0.0557. The highest BCUT2D eigenvalue weighted by Gasteiger charge is 2.34. The number of carbonyl (C=O) groups is 4. The molecular formula is C22H20O8. The van der Waals surface area contributed by atoms with Crippen LogP contribution in [0, 0.1) is 0 Å². The van der Waals surface area contributed by atoms with Gasteiger partial charge in [-0.1, -0.05) is 0 Å². The minimum atomic E-state index is -1.14. The highest BCUT2D eigenvalue weighted by Crippen LogP contribution is 2.22. The molecule has 0 aromatic heterocycles. The van der Waals surface area contributed by atoms with Gasteiger partial charge in [-0.3, -0.25) is 9.59 Å². The van der Waals surface area contributed by atoms with E-state index in [1.54, 1.807) is 0 Å². The Morgan fingerprint density at radius 3 is 1.07 bits per heavy atom.